The Balaban J connectivity index is 2.84. The summed E-state index contributed by atoms with van der Waals surface area (Å²) in [6.45, 7) is 3.09. The number of carboxylic acids is 1. The van der Waals surface area contributed by atoms with Crippen LogP contribution in [0.1, 0.15) is 25.5 Å². The first-order chi connectivity index (χ1) is 9.71. The molecule has 0 bridgehead atoms. The van der Waals surface area contributed by atoms with Crippen LogP contribution in [0.15, 0.2) is 30.3 Å². The molecule has 1 rings (SSSR count). The van der Waals surface area contributed by atoms with Crippen LogP contribution in [-0.2, 0) is 19.7 Å². The molecule has 0 spiro atoms. The van der Waals surface area contributed by atoms with Crippen molar-refractivity contribution in [2.45, 2.75) is 26.0 Å². The number of carbonyl (C=O) groups excluding carboxylic acids is 1. The molecule has 3 N–H and O–H groups in total. The molecule has 0 fully saturated rings. The van der Waals surface area contributed by atoms with Crippen LogP contribution in [0.3, 0.4) is 0 Å². The molecule has 1 amide bonds. The third kappa shape index (κ3) is 5.79. The predicted octanol–water partition coefficient (Wildman–Crippen LogP) is 0.781. The first-order valence-electron chi connectivity index (χ1n) is 5.99. The number of aliphatic carboxylic acids is 1. The van der Waals surface area contributed by atoms with Gasteiger partial charge >= 0.3 is 22.3 Å². The number of benzene rings is 1. The molecule has 116 valence electrons. The molecule has 0 aliphatic rings. The maximum Gasteiger partial charge on any atom is 0.422 e. The molecule has 0 aliphatic carbocycles. The molecule has 0 saturated heterocycles. The topological polar surface area (TPSA) is 122 Å². The minimum atomic E-state index is -4.37. The molecular formula is C12H16N2O6S. The highest BCUT2D eigenvalue weighted by Crippen LogP contribution is 2.13. The Morgan fingerprint density at radius 1 is 1.19 bits per heavy atom. The quantitative estimate of drug-likeness (QED) is 0.713. The van der Waals surface area contributed by atoms with Gasteiger partial charge in [-0.05, 0) is 19.4 Å². The highest BCUT2D eigenvalue weighted by atomic mass is 32.2. The van der Waals surface area contributed by atoms with Gasteiger partial charge in [0.15, 0.2) is 0 Å². The Morgan fingerprint density at radius 3 is 2.24 bits per heavy atom. The number of amides is 1. The SMILES string of the molecule is CC(C)OC(=O)NS(=O)(=O)N[C@H](C(=O)O)c1ccccc1. The first kappa shape index (κ1) is 16.9. The second-order valence-corrected chi connectivity index (χ2v) is 5.81. The van der Waals surface area contributed by atoms with Gasteiger partial charge < -0.3 is 9.84 Å². The molecule has 0 aliphatic heterocycles. The Hall–Kier alpha value is -2.13. The number of nitrogens with one attached hydrogen (secondary N) is 2. The summed E-state index contributed by atoms with van der Waals surface area (Å²) in [5.74, 6) is -1.40. The molecule has 1 aromatic carbocycles. The zero-order valence-corrected chi connectivity index (χ0v) is 12.3. The molecule has 1 aromatic rings. The van der Waals surface area contributed by atoms with Crippen LogP contribution >= 0.6 is 0 Å². The lowest BCUT2D eigenvalue weighted by Crippen LogP contribution is -2.44. The second-order valence-electron chi connectivity index (χ2n) is 4.36. The van der Waals surface area contributed by atoms with E-state index in [2.05, 4.69) is 4.74 Å². The molecule has 0 aromatic heterocycles. The Kier molecular flexibility index (Phi) is 5.68. The van der Waals surface area contributed by atoms with Crippen molar-refractivity contribution in [1.29, 1.82) is 0 Å². The lowest BCUT2D eigenvalue weighted by Gasteiger charge is -2.16. The van der Waals surface area contributed by atoms with Crippen LogP contribution in [-0.4, -0.2) is 31.7 Å². The molecule has 0 heterocycles. The smallest absolute Gasteiger partial charge is 0.422 e. The third-order valence-electron chi connectivity index (χ3n) is 2.21. The molecule has 21 heavy (non-hydrogen) atoms. The minimum absolute atomic E-state index is 0.229. The maximum absolute atomic E-state index is 11.7. The van der Waals surface area contributed by atoms with E-state index in [0.717, 1.165) is 0 Å². The summed E-state index contributed by atoms with van der Waals surface area (Å²) in [5.41, 5.74) is 0.229. The number of carboxylic acid groups (broad SMARTS) is 1. The average molecular weight is 316 g/mol. The van der Waals surface area contributed by atoms with E-state index in [1.807, 2.05) is 4.72 Å². The first-order valence-corrected chi connectivity index (χ1v) is 7.48. The van der Waals surface area contributed by atoms with Gasteiger partial charge in [-0.15, -0.1) is 0 Å². The lowest BCUT2D eigenvalue weighted by atomic mass is 10.1. The fourth-order valence-electron chi connectivity index (χ4n) is 1.44. The molecular weight excluding hydrogens is 300 g/mol. The van der Waals surface area contributed by atoms with Crippen LogP contribution in [0.2, 0.25) is 0 Å². The summed E-state index contributed by atoms with van der Waals surface area (Å²) in [7, 11) is -4.37. The highest BCUT2D eigenvalue weighted by Gasteiger charge is 2.27. The van der Waals surface area contributed by atoms with Gasteiger partial charge in [0.05, 0.1) is 6.10 Å². The standard InChI is InChI=1S/C12H16N2O6S/c1-8(2)20-12(17)14-21(18,19)13-10(11(15)16)9-6-4-3-5-7-9/h3-8,10,13H,1-2H3,(H,14,17)(H,15,16)/t10-/m0/s1. The van der Waals surface area contributed by atoms with E-state index in [4.69, 9.17) is 5.11 Å². The molecule has 9 heteroatoms. The van der Waals surface area contributed by atoms with Crippen molar-refractivity contribution in [3.8, 4) is 0 Å². The van der Waals surface area contributed by atoms with Gasteiger partial charge in [-0.2, -0.15) is 13.1 Å². The van der Waals surface area contributed by atoms with Gasteiger partial charge in [-0.1, -0.05) is 30.3 Å². The molecule has 8 nitrogen and oxygen atoms in total. The largest absolute Gasteiger partial charge is 0.480 e. The summed E-state index contributed by atoms with van der Waals surface area (Å²) in [6.07, 6.45) is -1.70. The predicted molar refractivity (Wildman–Crippen MR) is 73.6 cm³/mol. The fourth-order valence-corrected chi connectivity index (χ4v) is 2.31. The average Bonchev–Trinajstić information content (AvgIpc) is 2.35. The van der Waals surface area contributed by atoms with Crippen molar-refractivity contribution >= 4 is 22.3 Å². The number of carbonyl (C=O) groups is 2. The summed E-state index contributed by atoms with van der Waals surface area (Å²) < 4.78 is 31.5. The van der Waals surface area contributed by atoms with E-state index in [0.29, 0.717) is 0 Å². The Morgan fingerprint density at radius 2 is 1.76 bits per heavy atom. The van der Waals surface area contributed by atoms with Crippen molar-refractivity contribution in [3.05, 3.63) is 35.9 Å². The van der Waals surface area contributed by atoms with Crippen molar-refractivity contribution in [3.63, 3.8) is 0 Å². The summed E-state index contributed by atoms with van der Waals surface area (Å²) in [5, 5.41) is 9.10. The fraction of sp³-hybridized carbons (Fsp3) is 0.333. The number of ether oxygens (including phenoxy) is 1. The minimum Gasteiger partial charge on any atom is -0.480 e. The van der Waals surface area contributed by atoms with E-state index in [1.54, 1.807) is 36.8 Å². The van der Waals surface area contributed by atoms with Gasteiger partial charge in [0.2, 0.25) is 0 Å². The Bertz CT molecular complexity index is 599. The highest BCUT2D eigenvalue weighted by molar-refractivity contribution is 7.88. The van der Waals surface area contributed by atoms with E-state index < -0.39 is 34.4 Å². The van der Waals surface area contributed by atoms with Crippen molar-refractivity contribution in [2.24, 2.45) is 0 Å². The molecule has 0 saturated carbocycles. The summed E-state index contributed by atoms with van der Waals surface area (Å²) >= 11 is 0. The molecule has 0 radical (unpaired) electrons. The molecule has 0 unspecified atom stereocenters. The van der Waals surface area contributed by atoms with E-state index in [9.17, 15) is 18.0 Å². The normalized spacial score (nSPS) is 12.7. The third-order valence-corrected chi connectivity index (χ3v) is 3.19. The van der Waals surface area contributed by atoms with Crippen LogP contribution in [0.4, 0.5) is 4.79 Å². The van der Waals surface area contributed by atoms with Crippen molar-refractivity contribution < 1.29 is 27.9 Å². The monoisotopic (exact) mass is 316 g/mol. The van der Waals surface area contributed by atoms with Crippen LogP contribution < -0.4 is 9.44 Å². The second kappa shape index (κ2) is 7.04. The van der Waals surface area contributed by atoms with Crippen LogP contribution in [0, 0.1) is 0 Å². The number of rotatable bonds is 6. The summed E-state index contributed by atoms with van der Waals surface area (Å²) in [6, 6.07) is 6.19. The van der Waals surface area contributed by atoms with Gasteiger partial charge in [-0.25, -0.2) is 9.52 Å². The van der Waals surface area contributed by atoms with Crippen molar-refractivity contribution in [2.75, 3.05) is 0 Å². The van der Waals surface area contributed by atoms with E-state index in [1.165, 1.54) is 12.1 Å². The Labute approximate surface area is 122 Å². The van der Waals surface area contributed by atoms with Gasteiger partial charge in [-0.3, -0.25) is 4.79 Å². The zero-order chi connectivity index (χ0) is 16.0. The van der Waals surface area contributed by atoms with Crippen molar-refractivity contribution in [1.82, 2.24) is 9.44 Å². The lowest BCUT2D eigenvalue weighted by molar-refractivity contribution is -0.139. The van der Waals surface area contributed by atoms with Gasteiger partial charge in [0.25, 0.3) is 0 Å². The summed E-state index contributed by atoms with van der Waals surface area (Å²) in [4.78, 5) is 22.4. The van der Waals surface area contributed by atoms with Gasteiger partial charge in [0, 0.05) is 0 Å². The van der Waals surface area contributed by atoms with Crippen LogP contribution in [0.25, 0.3) is 0 Å². The van der Waals surface area contributed by atoms with E-state index >= 15 is 0 Å². The maximum atomic E-state index is 11.7. The molecule has 1 atom stereocenters. The number of hydrogen-bond acceptors (Lipinski definition) is 5. The van der Waals surface area contributed by atoms with E-state index in [-0.39, 0.29) is 5.56 Å². The zero-order valence-electron chi connectivity index (χ0n) is 11.4. The van der Waals surface area contributed by atoms with Crippen LogP contribution in [0.5, 0.6) is 0 Å². The van der Waals surface area contributed by atoms with Gasteiger partial charge in [0.1, 0.15) is 6.04 Å². The number of hydrogen-bond donors (Lipinski definition) is 3.